The van der Waals surface area contributed by atoms with Gasteiger partial charge in [0.15, 0.2) is 5.82 Å². The number of rotatable bonds is 4. The number of nitrogens with two attached hydrogens (primary N) is 1. The Labute approximate surface area is 89.0 Å². The Hall–Kier alpha value is -0.940. The van der Waals surface area contributed by atoms with Crippen LogP contribution in [0.2, 0.25) is 0 Å². The molecule has 15 heavy (non-hydrogen) atoms. The molecular weight excluding hydrogens is 194 g/mol. The molecule has 84 valence electrons. The largest absolute Gasteiger partial charge is 0.368 e. The van der Waals surface area contributed by atoms with Crippen LogP contribution in [0.5, 0.6) is 0 Å². The van der Waals surface area contributed by atoms with Crippen LogP contribution in [0, 0.1) is 0 Å². The summed E-state index contributed by atoms with van der Waals surface area (Å²) in [5, 5.41) is 3.82. The Morgan fingerprint density at radius 3 is 3.00 bits per heavy atom. The molecule has 0 aliphatic heterocycles. The zero-order valence-corrected chi connectivity index (χ0v) is 8.98. The molecule has 0 saturated heterocycles. The van der Waals surface area contributed by atoms with Crippen molar-refractivity contribution in [2.45, 2.75) is 51.4 Å². The molecule has 0 aromatic carbocycles. The molecule has 1 saturated carbocycles. The number of aromatic nitrogens is 2. The molecule has 2 rings (SSSR count). The van der Waals surface area contributed by atoms with Crippen molar-refractivity contribution < 1.29 is 9.26 Å². The van der Waals surface area contributed by atoms with Gasteiger partial charge in [-0.25, -0.2) is 0 Å². The summed E-state index contributed by atoms with van der Waals surface area (Å²) in [5.41, 5.74) is 5.89. The van der Waals surface area contributed by atoms with Gasteiger partial charge >= 0.3 is 0 Å². The van der Waals surface area contributed by atoms with Crippen LogP contribution >= 0.6 is 0 Å². The van der Waals surface area contributed by atoms with Gasteiger partial charge in [-0.3, -0.25) is 0 Å². The molecule has 1 aromatic heterocycles. The van der Waals surface area contributed by atoms with Crippen LogP contribution in [0.4, 0.5) is 0 Å². The maximum Gasteiger partial charge on any atom is 0.226 e. The fourth-order valence-corrected chi connectivity index (χ4v) is 1.84. The van der Waals surface area contributed by atoms with Gasteiger partial charge in [0, 0.05) is 12.5 Å². The van der Waals surface area contributed by atoms with E-state index in [0.717, 1.165) is 25.7 Å². The minimum Gasteiger partial charge on any atom is -0.368 e. The average Bonchev–Trinajstić information content (AvgIpc) is 2.84. The summed E-state index contributed by atoms with van der Waals surface area (Å²) in [6.45, 7) is 2.38. The lowest BCUT2D eigenvalue weighted by molar-refractivity contribution is 0.0310. The van der Waals surface area contributed by atoms with E-state index in [1.807, 2.05) is 6.92 Å². The van der Waals surface area contributed by atoms with Crippen LogP contribution in [0.25, 0.3) is 0 Å². The van der Waals surface area contributed by atoms with E-state index >= 15 is 0 Å². The molecule has 5 heteroatoms. The highest BCUT2D eigenvalue weighted by atomic mass is 16.5. The predicted molar refractivity (Wildman–Crippen MR) is 54.1 cm³/mol. The van der Waals surface area contributed by atoms with E-state index in [0.29, 0.717) is 18.3 Å². The van der Waals surface area contributed by atoms with Crippen molar-refractivity contribution in [1.29, 1.82) is 0 Å². The maximum atomic E-state index is 5.89. The molecule has 2 atom stereocenters. The highest BCUT2D eigenvalue weighted by Crippen LogP contribution is 2.20. The third-order valence-electron chi connectivity index (χ3n) is 2.74. The molecule has 0 spiro atoms. The molecular formula is C10H17N3O2. The Kier molecular flexibility index (Phi) is 3.33. The lowest BCUT2D eigenvalue weighted by atomic mass is 10.2. The SMILES string of the molecule is CCc1nc(COC2CCCC2N)no1. The molecule has 1 aliphatic rings. The van der Waals surface area contributed by atoms with Crippen LogP contribution in [-0.2, 0) is 17.8 Å². The zero-order valence-electron chi connectivity index (χ0n) is 8.98. The molecule has 1 fully saturated rings. The first-order chi connectivity index (χ1) is 7.29. The lowest BCUT2D eigenvalue weighted by Crippen LogP contribution is -2.31. The first-order valence-electron chi connectivity index (χ1n) is 5.48. The Morgan fingerprint density at radius 1 is 1.53 bits per heavy atom. The quantitative estimate of drug-likeness (QED) is 0.805. The van der Waals surface area contributed by atoms with E-state index in [1.165, 1.54) is 0 Å². The van der Waals surface area contributed by atoms with Gasteiger partial charge in [0.25, 0.3) is 0 Å². The van der Waals surface area contributed by atoms with Gasteiger partial charge < -0.3 is 15.0 Å². The summed E-state index contributed by atoms with van der Waals surface area (Å²) < 4.78 is 10.6. The minimum absolute atomic E-state index is 0.161. The number of ether oxygens (including phenoxy) is 1. The highest BCUT2D eigenvalue weighted by molar-refractivity contribution is 4.86. The van der Waals surface area contributed by atoms with Crippen molar-refractivity contribution in [2.24, 2.45) is 5.73 Å². The van der Waals surface area contributed by atoms with E-state index in [1.54, 1.807) is 0 Å². The van der Waals surface area contributed by atoms with Gasteiger partial charge in [-0.05, 0) is 19.3 Å². The number of hydrogen-bond acceptors (Lipinski definition) is 5. The van der Waals surface area contributed by atoms with Crippen molar-refractivity contribution >= 4 is 0 Å². The third-order valence-corrected chi connectivity index (χ3v) is 2.74. The van der Waals surface area contributed by atoms with Crippen LogP contribution in [0.15, 0.2) is 4.52 Å². The van der Waals surface area contributed by atoms with E-state index in [4.69, 9.17) is 15.0 Å². The Bertz CT molecular complexity index is 313. The topological polar surface area (TPSA) is 74.2 Å². The van der Waals surface area contributed by atoms with Crippen LogP contribution < -0.4 is 5.73 Å². The summed E-state index contributed by atoms with van der Waals surface area (Å²) in [6.07, 6.45) is 4.17. The molecule has 2 unspecified atom stereocenters. The Morgan fingerprint density at radius 2 is 2.40 bits per heavy atom. The highest BCUT2D eigenvalue weighted by Gasteiger charge is 2.24. The second kappa shape index (κ2) is 4.72. The van der Waals surface area contributed by atoms with Crippen molar-refractivity contribution in [1.82, 2.24) is 10.1 Å². The average molecular weight is 211 g/mol. The lowest BCUT2D eigenvalue weighted by Gasteiger charge is -2.14. The fourth-order valence-electron chi connectivity index (χ4n) is 1.84. The van der Waals surface area contributed by atoms with E-state index in [2.05, 4.69) is 10.1 Å². The summed E-state index contributed by atoms with van der Waals surface area (Å²) in [4.78, 5) is 4.17. The minimum atomic E-state index is 0.161. The van der Waals surface area contributed by atoms with Crippen LogP contribution in [0.3, 0.4) is 0 Å². The van der Waals surface area contributed by atoms with Crippen LogP contribution in [0.1, 0.15) is 37.9 Å². The van der Waals surface area contributed by atoms with E-state index < -0.39 is 0 Å². The van der Waals surface area contributed by atoms with E-state index in [9.17, 15) is 0 Å². The third kappa shape index (κ3) is 2.54. The standard InChI is InChI=1S/C10H17N3O2/c1-2-10-12-9(13-15-10)6-14-8-5-3-4-7(8)11/h7-8H,2-6,11H2,1H3. The van der Waals surface area contributed by atoms with Crippen molar-refractivity contribution in [2.75, 3.05) is 0 Å². The molecule has 0 bridgehead atoms. The summed E-state index contributed by atoms with van der Waals surface area (Å²) in [5.74, 6) is 1.27. The number of nitrogens with zero attached hydrogens (tertiary/aromatic N) is 2. The molecule has 1 heterocycles. The summed E-state index contributed by atoms with van der Waals surface area (Å²) in [7, 11) is 0. The summed E-state index contributed by atoms with van der Waals surface area (Å²) >= 11 is 0. The van der Waals surface area contributed by atoms with Crippen LogP contribution in [-0.4, -0.2) is 22.3 Å². The maximum absolute atomic E-state index is 5.89. The van der Waals surface area contributed by atoms with Gasteiger partial charge in [-0.2, -0.15) is 4.98 Å². The van der Waals surface area contributed by atoms with Gasteiger partial charge in [0.2, 0.25) is 5.89 Å². The van der Waals surface area contributed by atoms with Gasteiger partial charge in [0.1, 0.15) is 6.61 Å². The molecule has 0 radical (unpaired) electrons. The predicted octanol–water partition coefficient (Wildman–Crippen LogP) is 1.03. The van der Waals surface area contributed by atoms with Gasteiger partial charge in [0.05, 0.1) is 6.10 Å². The molecule has 0 amide bonds. The van der Waals surface area contributed by atoms with Gasteiger partial charge in [-0.15, -0.1) is 0 Å². The first kappa shape index (κ1) is 10.6. The molecule has 1 aliphatic carbocycles. The molecule has 1 aromatic rings. The van der Waals surface area contributed by atoms with Crippen molar-refractivity contribution in [3.05, 3.63) is 11.7 Å². The summed E-state index contributed by atoms with van der Waals surface area (Å²) in [6, 6.07) is 0.169. The molecule has 2 N–H and O–H groups in total. The first-order valence-corrected chi connectivity index (χ1v) is 5.48. The number of aryl methyl sites for hydroxylation is 1. The second-order valence-corrected chi connectivity index (χ2v) is 3.90. The van der Waals surface area contributed by atoms with Crippen molar-refractivity contribution in [3.8, 4) is 0 Å². The fraction of sp³-hybridized carbons (Fsp3) is 0.800. The second-order valence-electron chi connectivity index (χ2n) is 3.90. The number of hydrogen-bond donors (Lipinski definition) is 1. The van der Waals surface area contributed by atoms with E-state index in [-0.39, 0.29) is 12.1 Å². The zero-order chi connectivity index (χ0) is 10.7. The van der Waals surface area contributed by atoms with Crippen molar-refractivity contribution in [3.63, 3.8) is 0 Å². The Balaban J connectivity index is 1.82. The smallest absolute Gasteiger partial charge is 0.226 e. The monoisotopic (exact) mass is 211 g/mol. The normalized spacial score (nSPS) is 26.0. The van der Waals surface area contributed by atoms with Gasteiger partial charge in [-0.1, -0.05) is 12.1 Å². The molecule has 5 nitrogen and oxygen atoms in total.